The van der Waals surface area contributed by atoms with E-state index in [0.717, 1.165) is 12.5 Å². The van der Waals surface area contributed by atoms with Crippen LogP contribution in [0.4, 0.5) is 0 Å². The van der Waals surface area contributed by atoms with Crippen LogP contribution in [-0.2, 0) is 17.8 Å². The molecule has 0 saturated carbocycles. The van der Waals surface area contributed by atoms with Crippen molar-refractivity contribution in [3.8, 4) is 0 Å². The molecule has 0 rings (SSSR count). The molecule has 0 aromatic heterocycles. The molecule has 0 aliphatic rings. The molecule has 0 spiro atoms. The summed E-state index contributed by atoms with van der Waals surface area (Å²) in [6.45, 7) is 15.7. The second-order valence-electron chi connectivity index (χ2n) is 7.82. The van der Waals surface area contributed by atoms with E-state index in [9.17, 15) is 9.59 Å². The molecule has 0 radical (unpaired) electrons. The van der Waals surface area contributed by atoms with Gasteiger partial charge in [-0.3, -0.25) is 9.59 Å². The van der Waals surface area contributed by atoms with Crippen LogP contribution in [-0.4, -0.2) is 48.7 Å². The molecule has 136 valence electrons. The second kappa shape index (κ2) is 9.11. The first-order valence-corrected chi connectivity index (χ1v) is 17.5. The monoisotopic (exact) mass is 379 g/mol. The minimum Gasteiger partial charge on any atom is -0.481 e. The number of rotatable bonds is 11. The van der Waals surface area contributed by atoms with Crippen LogP contribution < -0.4 is 5.32 Å². The zero-order valence-corrected chi connectivity index (χ0v) is 18.6. The van der Waals surface area contributed by atoms with Gasteiger partial charge in [0.05, 0.1) is 6.42 Å². The van der Waals surface area contributed by atoms with Gasteiger partial charge >= 0.3 is 14.5 Å². The van der Waals surface area contributed by atoms with Crippen molar-refractivity contribution in [2.24, 2.45) is 0 Å². The zero-order valence-electron chi connectivity index (χ0n) is 15.6. The molecule has 0 atom stereocenters. The number of amides is 1. The Kier molecular flexibility index (Phi) is 8.92. The minimum atomic E-state index is -2.11. The summed E-state index contributed by atoms with van der Waals surface area (Å²) in [7, 11) is -5.55. The Hall–Kier alpha value is -0.489. The van der Waals surface area contributed by atoms with Crippen molar-refractivity contribution < 1.29 is 22.9 Å². The number of carboxylic acid groups (broad SMARTS) is 1. The van der Waals surface area contributed by atoms with Gasteiger partial charge in [0.2, 0.25) is 5.91 Å². The highest BCUT2D eigenvalue weighted by molar-refractivity contribution is 6.87. The summed E-state index contributed by atoms with van der Waals surface area (Å²) < 4.78 is 12.6. The van der Waals surface area contributed by atoms with Crippen LogP contribution in [0.25, 0.3) is 0 Å². The predicted molar refractivity (Wildman–Crippen MR) is 99.8 cm³/mol. The third-order valence-corrected chi connectivity index (χ3v) is 13.1. The quantitative estimate of drug-likeness (QED) is 0.425. The van der Waals surface area contributed by atoms with E-state index in [1.807, 2.05) is 0 Å². The normalized spacial score (nSPS) is 13.0. The Labute approximate surface area is 143 Å². The Morgan fingerprint density at radius 2 is 1.52 bits per heavy atom. The van der Waals surface area contributed by atoms with E-state index in [0.29, 0.717) is 6.54 Å². The zero-order chi connectivity index (χ0) is 18.3. The summed E-state index contributed by atoms with van der Waals surface area (Å²) in [6, 6.07) is 0.942. The highest BCUT2D eigenvalue weighted by Gasteiger charge is 2.37. The van der Waals surface area contributed by atoms with Gasteiger partial charge in [-0.05, 0) is 58.3 Å². The van der Waals surface area contributed by atoms with E-state index in [-0.39, 0.29) is 18.7 Å². The molecular formula is C14H33NO5Si3. The lowest BCUT2D eigenvalue weighted by Crippen LogP contribution is -2.51. The van der Waals surface area contributed by atoms with Crippen molar-refractivity contribution in [3.63, 3.8) is 0 Å². The van der Waals surface area contributed by atoms with E-state index < -0.39 is 31.2 Å². The van der Waals surface area contributed by atoms with Crippen molar-refractivity contribution >= 4 is 37.1 Å². The molecule has 1 amide bonds. The first-order valence-electron chi connectivity index (χ1n) is 8.11. The first-order chi connectivity index (χ1) is 10.2. The molecular weight excluding hydrogens is 346 g/mol. The maximum absolute atomic E-state index is 11.5. The van der Waals surface area contributed by atoms with Crippen molar-refractivity contribution in [3.05, 3.63) is 0 Å². The lowest BCUT2D eigenvalue weighted by molar-refractivity contribution is -0.138. The lowest BCUT2D eigenvalue weighted by atomic mass is 10.3. The van der Waals surface area contributed by atoms with Crippen LogP contribution in [0.15, 0.2) is 0 Å². The number of hydrogen-bond acceptors (Lipinski definition) is 4. The fourth-order valence-electron chi connectivity index (χ4n) is 2.53. The first kappa shape index (κ1) is 22.5. The highest BCUT2D eigenvalue weighted by Crippen LogP contribution is 2.23. The average Bonchev–Trinajstić information content (AvgIpc) is 2.27. The SMILES string of the molecule is C[Si](C)(C)O[Si](C)(C)O[Si](C)(C)CCCNC(=O)CCC(=O)O. The molecule has 0 aliphatic carbocycles. The van der Waals surface area contributed by atoms with Gasteiger partial charge in [0.25, 0.3) is 0 Å². The Morgan fingerprint density at radius 3 is 2.00 bits per heavy atom. The Bertz CT molecular complexity index is 408. The van der Waals surface area contributed by atoms with Gasteiger partial charge < -0.3 is 18.7 Å². The summed E-state index contributed by atoms with van der Waals surface area (Å²) in [5.74, 6) is -1.15. The second-order valence-corrected chi connectivity index (χ2v) is 20.5. The molecule has 23 heavy (non-hydrogen) atoms. The molecule has 0 heterocycles. The third kappa shape index (κ3) is 13.6. The third-order valence-electron chi connectivity index (χ3n) is 2.92. The molecule has 0 unspecified atom stereocenters. The van der Waals surface area contributed by atoms with Crippen molar-refractivity contribution in [1.82, 2.24) is 5.32 Å². The maximum atomic E-state index is 11.5. The largest absolute Gasteiger partial charge is 0.481 e. The number of carboxylic acids is 1. The number of hydrogen-bond donors (Lipinski definition) is 2. The predicted octanol–water partition coefficient (Wildman–Crippen LogP) is 3.13. The molecule has 0 bridgehead atoms. The summed E-state index contributed by atoms with van der Waals surface area (Å²) in [6.07, 6.45) is 0.759. The fourth-order valence-corrected chi connectivity index (χ4v) is 15.7. The smallest absolute Gasteiger partial charge is 0.311 e. The minimum absolute atomic E-state index is 0.0383. The number of carbonyl (C=O) groups excluding carboxylic acids is 1. The molecule has 2 N–H and O–H groups in total. The van der Waals surface area contributed by atoms with Gasteiger partial charge in [-0.1, -0.05) is 0 Å². The van der Waals surface area contributed by atoms with Gasteiger partial charge in [0, 0.05) is 13.0 Å². The van der Waals surface area contributed by atoms with E-state index >= 15 is 0 Å². The fraction of sp³-hybridized carbons (Fsp3) is 0.857. The Balaban J connectivity index is 4.13. The molecule has 0 aromatic rings. The van der Waals surface area contributed by atoms with E-state index in [2.05, 4.69) is 51.1 Å². The molecule has 0 aromatic carbocycles. The summed E-state index contributed by atoms with van der Waals surface area (Å²) in [5.41, 5.74) is 0. The van der Waals surface area contributed by atoms with Crippen LogP contribution >= 0.6 is 0 Å². The molecule has 6 nitrogen and oxygen atoms in total. The number of aliphatic carboxylic acids is 1. The van der Waals surface area contributed by atoms with Crippen molar-refractivity contribution in [1.29, 1.82) is 0 Å². The van der Waals surface area contributed by atoms with Crippen molar-refractivity contribution in [2.45, 2.75) is 71.1 Å². The summed E-state index contributed by atoms with van der Waals surface area (Å²) in [4.78, 5) is 21.9. The van der Waals surface area contributed by atoms with E-state index in [1.54, 1.807) is 0 Å². The lowest BCUT2D eigenvalue weighted by Gasteiger charge is -2.37. The molecule has 9 heteroatoms. The van der Waals surface area contributed by atoms with Gasteiger partial charge in [0.1, 0.15) is 0 Å². The van der Waals surface area contributed by atoms with Crippen LogP contribution in [0.1, 0.15) is 19.3 Å². The van der Waals surface area contributed by atoms with Crippen LogP contribution in [0.5, 0.6) is 0 Å². The highest BCUT2D eigenvalue weighted by atomic mass is 28.5. The molecule has 0 saturated heterocycles. The van der Waals surface area contributed by atoms with Gasteiger partial charge in [0.15, 0.2) is 16.6 Å². The molecule has 0 aliphatic heterocycles. The van der Waals surface area contributed by atoms with E-state index in [1.165, 1.54) is 0 Å². The topological polar surface area (TPSA) is 84.9 Å². The van der Waals surface area contributed by atoms with Crippen LogP contribution in [0, 0.1) is 0 Å². The molecule has 0 fully saturated rings. The van der Waals surface area contributed by atoms with Crippen molar-refractivity contribution in [2.75, 3.05) is 6.54 Å². The van der Waals surface area contributed by atoms with Crippen LogP contribution in [0.2, 0.25) is 51.9 Å². The number of carbonyl (C=O) groups is 2. The number of nitrogens with one attached hydrogen (secondary N) is 1. The average molecular weight is 380 g/mol. The van der Waals surface area contributed by atoms with Gasteiger partial charge in [-0.15, -0.1) is 0 Å². The Morgan fingerprint density at radius 1 is 0.957 bits per heavy atom. The summed E-state index contributed by atoms with van der Waals surface area (Å²) in [5, 5.41) is 11.3. The standard InChI is InChI=1S/C14H33NO5Si3/c1-21(2,3)19-23(6,7)20-22(4,5)12-8-11-15-13(16)9-10-14(17)18/h8-12H2,1-7H3,(H,15,16)(H,17,18). The van der Waals surface area contributed by atoms with E-state index in [4.69, 9.17) is 13.3 Å². The van der Waals surface area contributed by atoms with Gasteiger partial charge in [-0.25, -0.2) is 0 Å². The van der Waals surface area contributed by atoms with Crippen LogP contribution in [0.3, 0.4) is 0 Å². The maximum Gasteiger partial charge on any atom is 0.311 e. The van der Waals surface area contributed by atoms with Gasteiger partial charge in [-0.2, -0.15) is 0 Å². The summed E-state index contributed by atoms with van der Waals surface area (Å²) >= 11 is 0.